The first-order valence-electron chi connectivity index (χ1n) is 5.39. The molecule has 1 aliphatic rings. The number of carbonyl (C=O) groups excluding carboxylic acids is 1. The highest BCUT2D eigenvalue weighted by Crippen LogP contribution is 2.43. The Hall–Kier alpha value is -0.240. The second kappa shape index (κ2) is 5.59. The van der Waals surface area contributed by atoms with Gasteiger partial charge in [-0.25, -0.2) is 0 Å². The fourth-order valence-corrected chi connectivity index (χ4v) is 2.57. The van der Waals surface area contributed by atoms with Crippen LogP contribution in [0.15, 0.2) is 0 Å². The molecule has 1 aliphatic carbocycles. The monoisotopic (exact) mass is 218 g/mol. The molecule has 0 aromatic rings. The summed E-state index contributed by atoms with van der Waals surface area (Å²) < 4.78 is 4.90. The zero-order valence-corrected chi connectivity index (χ0v) is 9.61. The van der Waals surface area contributed by atoms with Crippen LogP contribution < -0.4 is 0 Å². The van der Waals surface area contributed by atoms with Crippen molar-refractivity contribution in [1.29, 1.82) is 0 Å². The molecular weight excluding hydrogens is 200 g/mol. The minimum absolute atomic E-state index is 0.00966. The van der Waals surface area contributed by atoms with Crippen molar-refractivity contribution in [2.24, 2.45) is 5.41 Å². The van der Waals surface area contributed by atoms with E-state index in [9.17, 15) is 4.79 Å². The highest BCUT2D eigenvalue weighted by Gasteiger charge is 2.41. The molecular formula is C11H19ClO2. The zero-order chi connectivity index (χ0) is 10.4. The topological polar surface area (TPSA) is 26.3 Å². The molecule has 0 heterocycles. The van der Waals surface area contributed by atoms with Gasteiger partial charge in [0.25, 0.3) is 0 Å². The van der Waals surface area contributed by atoms with Gasteiger partial charge in [0.1, 0.15) is 0 Å². The lowest BCUT2D eigenvalue weighted by molar-refractivity contribution is -0.153. The summed E-state index contributed by atoms with van der Waals surface area (Å²) in [6.45, 7) is 0. The van der Waals surface area contributed by atoms with Crippen LogP contribution in [-0.2, 0) is 9.53 Å². The fraction of sp³-hybridized carbons (Fsp3) is 0.909. The zero-order valence-electron chi connectivity index (χ0n) is 8.85. The van der Waals surface area contributed by atoms with E-state index in [2.05, 4.69) is 0 Å². The molecule has 0 amide bonds. The second-order valence-electron chi connectivity index (χ2n) is 4.13. The van der Waals surface area contributed by atoms with E-state index in [0.717, 1.165) is 44.9 Å². The van der Waals surface area contributed by atoms with Crippen molar-refractivity contribution in [3.63, 3.8) is 0 Å². The highest BCUT2D eigenvalue weighted by molar-refractivity contribution is 6.17. The van der Waals surface area contributed by atoms with Crippen LogP contribution in [-0.4, -0.2) is 19.0 Å². The minimum Gasteiger partial charge on any atom is -0.469 e. The second-order valence-corrected chi connectivity index (χ2v) is 4.50. The lowest BCUT2D eigenvalue weighted by Gasteiger charge is -2.25. The molecule has 0 spiro atoms. The molecule has 14 heavy (non-hydrogen) atoms. The maximum Gasteiger partial charge on any atom is 0.311 e. The van der Waals surface area contributed by atoms with Crippen molar-refractivity contribution in [1.82, 2.24) is 0 Å². The normalized spacial score (nSPS) is 19.6. The minimum atomic E-state index is -0.166. The number of hydrogen-bond acceptors (Lipinski definition) is 2. The van der Waals surface area contributed by atoms with Crippen molar-refractivity contribution in [3.8, 4) is 0 Å². The Bertz CT molecular complexity index is 186. The molecule has 0 unspecified atom stereocenters. The van der Waals surface area contributed by atoms with Gasteiger partial charge in [0.05, 0.1) is 12.5 Å². The first-order chi connectivity index (χ1) is 6.75. The number of halogens is 1. The van der Waals surface area contributed by atoms with Gasteiger partial charge in [-0.05, 0) is 25.7 Å². The van der Waals surface area contributed by atoms with Gasteiger partial charge in [0.15, 0.2) is 0 Å². The predicted octanol–water partition coefficient (Wildman–Crippen LogP) is 3.13. The standard InChI is InChI=1S/C11H19ClO2/c1-14-10(13)11(6-2-3-7-11)8-4-5-9-12/h2-9H2,1H3. The van der Waals surface area contributed by atoms with Crippen LogP contribution in [0.25, 0.3) is 0 Å². The van der Waals surface area contributed by atoms with E-state index >= 15 is 0 Å². The van der Waals surface area contributed by atoms with E-state index in [1.54, 1.807) is 0 Å². The molecule has 0 aromatic heterocycles. The summed E-state index contributed by atoms with van der Waals surface area (Å²) in [5.41, 5.74) is -0.166. The largest absolute Gasteiger partial charge is 0.469 e. The molecule has 1 saturated carbocycles. The Morgan fingerprint density at radius 3 is 2.50 bits per heavy atom. The van der Waals surface area contributed by atoms with E-state index < -0.39 is 0 Å². The molecule has 2 nitrogen and oxygen atoms in total. The van der Waals surface area contributed by atoms with E-state index in [0.29, 0.717) is 5.88 Å². The lowest BCUT2D eigenvalue weighted by atomic mass is 9.81. The van der Waals surface area contributed by atoms with Gasteiger partial charge in [-0.2, -0.15) is 0 Å². The summed E-state index contributed by atoms with van der Waals surface area (Å²) >= 11 is 5.63. The molecule has 0 bridgehead atoms. The van der Waals surface area contributed by atoms with Gasteiger partial charge in [-0.3, -0.25) is 4.79 Å². The summed E-state index contributed by atoms with van der Waals surface area (Å²) in [7, 11) is 1.49. The molecule has 0 aliphatic heterocycles. The Balaban J connectivity index is 2.49. The number of methoxy groups -OCH3 is 1. The maximum atomic E-state index is 11.7. The summed E-state index contributed by atoms with van der Waals surface area (Å²) in [4.78, 5) is 11.7. The van der Waals surface area contributed by atoms with Crippen LogP contribution in [0.2, 0.25) is 0 Å². The SMILES string of the molecule is COC(=O)C1(CCCCCl)CCCC1. The van der Waals surface area contributed by atoms with Gasteiger partial charge in [0, 0.05) is 5.88 Å². The van der Waals surface area contributed by atoms with E-state index in [1.165, 1.54) is 7.11 Å². The number of ether oxygens (including phenoxy) is 1. The highest BCUT2D eigenvalue weighted by atomic mass is 35.5. The van der Waals surface area contributed by atoms with Crippen LogP contribution >= 0.6 is 11.6 Å². The predicted molar refractivity (Wildman–Crippen MR) is 57.5 cm³/mol. The first kappa shape index (κ1) is 11.8. The Morgan fingerprint density at radius 2 is 2.00 bits per heavy atom. The number of alkyl halides is 1. The average molecular weight is 219 g/mol. The molecule has 1 rings (SSSR count). The van der Waals surface area contributed by atoms with Crippen molar-refractivity contribution in [2.45, 2.75) is 44.9 Å². The third-order valence-corrected chi connectivity index (χ3v) is 3.49. The lowest BCUT2D eigenvalue weighted by Crippen LogP contribution is -2.29. The van der Waals surface area contributed by atoms with Crippen molar-refractivity contribution in [2.75, 3.05) is 13.0 Å². The molecule has 3 heteroatoms. The first-order valence-corrected chi connectivity index (χ1v) is 5.93. The van der Waals surface area contributed by atoms with Crippen molar-refractivity contribution < 1.29 is 9.53 Å². The summed E-state index contributed by atoms with van der Waals surface area (Å²) in [6, 6.07) is 0. The summed E-state index contributed by atoms with van der Waals surface area (Å²) in [6.07, 6.45) is 7.32. The molecule has 0 radical (unpaired) electrons. The van der Waals surface area contributed by atoms with Crippen LogP contribution in [0.1, 0.15) is 44.9 Å². The Morgan fingerprint density at radius 1 is 1.36 bits per heavy atom. The number of esters is 1. The quantitative estimate of drug-likeness (QED) is 0.403. The van der Waals surface area contributed by atoms with Gasteiger partial charge in [0.2, 0.25) is 0 Å². The summed E-state index contributed by atoms with van der Waals surface area (Å²) in [5, 5.41) is 0. The third kappa shape index (κ3) is 2.63. The van der Waals surface area contributed by atoms with E-state index in [4.69, 9.17) is 16.3 Å². The van der Waals surface area contributed by atoms with Crippen molar-refractivity contribution in [3.05, 3.63) is 0 Å². The van der Waals surface area contributed by atoms with Crippen LogP contribution in [0.3, 0.4) is 0 Å². The van der Waals surface area contributed by atoms with E-state index in [-0.39, 0.29) is 11.4 Å². The number of rotatable bonds is 5. The van der Waals surface area contributed by atoms with Gasteiger partial charge >= 0.3 is 5.97 Å². The van der Waals surface area contributed by atoms with Crippen LogP contribution in [0.4, 0.5) is 0 Å². The molecule has 82 valence electrons. The molecule has 0 saturated heterocycles. The van der Waals surface area contributed by atoms with E-state index in [1.807, 2.05) is 0 Å². The van der Waals surface area contributed by atoms with Gasteiger partial charge < -0.3 is 4.74 Å². The third-order valence-electron chi connectivity index (χ3n) is 3.22. The van der Waals surface area contributed by atoms with Crippen LogP contribution in [0.5, 0.6) is 0 Å². The average Bonchev–Trinajstić information content (AvgIpc) is 2.67. The molecule has 0 atom stereocenters. The Kier molecular flexibility index (Phi) is 4.73. The fourth-order valence-electron chi connectivity index (χ4n) is 2.38. The number of hydrogen-bond donors (Lipinski definition) is 0. The number of carbonyl (C=O) groups is 1. The molecule has 1 fully saturated rings. The van der Waals surface area contributed by atoms with Crippen molar-refractivity contribution >= 4 is 17.6 Å². The van der Waals surface area contributed by atoms with Crippen LogP contribution in [0, 0.1) is 5.41 Å². The molecule has 0 N–H and O–H groups in total. The Labute approximate surface area is 91.0 Å². The number of unbranched alkanes of at least 4 members (excludes halogenated alkanes) is 1. The smallest absolute Gasteiger partial charge is 0.311 e. The van der Waals surface area contributed by atoms with Gasteiger partial charge in [-0.1, -0.05) is 19.3 Å². The van der Waals surface area contributed by atoms with Gasteiger partial charge in [-0.15, -0.1) is 11.6 Å². The maximum absolute atomic E-state index is 11.7. The summed E-state index contributed by atoms with van der Waals surface area (Å²) in [5.74, 6) is 0.682. The molecule has 0 aromatic carbocycles.